The molecule has 1 rings (SSSR count). The molecule has 0 aliphatic carbocycles. The lowest BCUT2D eigenvalue weighted by atomic mass is 9.89. The van der Waals surface area contributed by atoms with Gasteiger partial charge < -0.3 is 0 Å². The predicted octanol–water partition coefficient (Wildman–Crippen LogP) is 15.9. The molecule has 0 saturated carbocycles. The Morgan fingerprint density at radius 1 is 0.408 bits per heavy atom. The average molecular weight is 681 g/mol. The van der Waals surface area contributed by atoms with Crippen molar-refractivity contribution in [2.24, 2.45) is 0 Å². The predicted molar refractivity (Wildman–Crippen MR) is 222 cm³/mol. The zero-order valence-corrected chi connectivity index (χ0v) is 34.5. The Balaban J connectivity index is 3.11. The molecule has 286 valence electrons. The van der Waals surface area contributed by atoms with Crippen LogP contribution in [0.3, 0.4) is 0 Å². The minimum absolute atomic E-state index is 1.03. The molecule has 0 radical (unpaired) electrons. The van der Waals surface area contributed by atoms with E-state index in [4.69, 9.17) is 0 Å². The molecule has 1 heterocycles. The molecule has 0 aliphatic rings. The van der Waals surface area contributed by atoms with Crippen molar-refractivity contribution in [3.05, 3.63) is 41.2 Å². The first-order valence-electron chi connectivity index (χ1n) is 22.9. The number of unbranched alkanes of at least 4 members (excludes halogenated alkanes) is 28. The van der Waals surface area contributed by atoms with Gasteiger partial charge in [-0.2, -0.15) is 0 Å². The van der Waals surface area contributed by atoms with E-state index in [1.807, 2.05) is 0 Å². The van der Waals surface area contributed by atoms with Crippen molar-refractivity contribution >= 4 is 0 Å². The van der Waals surface area contributed by atoms with Crippen molar-refractivity contribution in [3.8, 4) is 0 Å². The van der Waals surface area contributed by atoms with Gasteiger partial charge in [0.05, 0.1) is 0 Å². The van der Waals surface area contributed by atoms with Crippen LogP contribution in [0.1, 0.15) is 256 Å². The molecule has 0 fully saturated rings. The molecule has 0 bridgehead atoms. The molecule has 0 atom stereocenters. The lowest BCUT2D eigenvalue weighted by Crippen LogP contribution is -2.41. The Labute approximate surface area is 310 Å². The SMILES string of the molecule is C=CCc1c[n+](CCCCCCCCCC)c(CCCCCCCCCC)c(CCCCCCCCCC)c1CCCCCCCCCC. The van der Waals surface area contributed by atoms with Gasteiger partial charge in [-0.15, -0.1) is 6.58 Å². The van der Waals surface area contributed by atoms with Gasteiger partial charge in [0.15, 0.2) is 11.9 Å². The number of pyridine rings is 1. The second-order valence-corrected chi connectivity index (χ2v) is 15.9. The van der Waals surface area contributed by atoms with Crippen LogP contribution in [-0.4, -0.2) is 0 Å². The first kappa shape index (κ1) is 45.9. The van der Waals surface area contributed by atoms with Crippen molar-refractivity contribution < 1.29 is 4.57 Å². The Kier molecular flexibility index (Phi) is 33.1. The molecule has 49 heavy (non-hydrogen) atoms. The maximum atomic E-state index is 4.25. The van der Waals surface area contributed by atoms with E-state index in [2.05, 4.69) is 51.1 Å². The summed E-state index contributed by atoms with van der Waals surface area (Å²) < 4.78 is 2.79. The fraction of sp³-hybridized carbons (Fsp3) is 0.854. The highest BCUT2D eigenvalue weighted by molar-refractivity contribution is 5.36. The number of nitrogens with zero attached hydrogens (tertiary/aromatic N) is 1. The topological polar surface area (TPSA) is 3.88 Å². The number of allylic oxidation sites excluding steroid dienone is 1. The standard InChI is InChI=1S/C48H90N/c1-6-11-15-19-23-27-31-35-40-46-45(39-10-5)44-49(43-38-34-30-26-22-18-14-9-4)48(42-37-33-29-25-21-17-13-8-3)47(46)41-36-32-28-24-20-16-12-7-2/h10,44H,5-9,11-43H2,1-4H3/q+1. The largest absolute Gasteiger partial charge is 0.202 e. The number of aryl methyl sites for hydroxylation is 1. The van der Waals surface area contributed by atoms with Gasteiger partial charge in [-0.3, -0.25) is 0 Å². The molecule has 0 N–H and O–H groups in total. The van der Waals surface area contributed by atoms with E-state index >= 15 is 0 Å². The summed E-state index contributed by atoms with van der Waals surface area (Å²) in [6.07, 6.45) is 54.7. The third kappa shape index (κ3) is 24.7. The van der Waals surface area contributed by atoms with E-state index in [1.165, 1.54) is 231 Å². The molecule has 0 unspecified atom stereocenters. The van der Waals surface area contributed by atoms with E-state index in [9.17, 15) is 0 Å². The minimum atomic E-state index is 1.03. The van der Waals surface area contributed by atoms with Crippen LogP contribution >= 0.6 is 0 Å². The second kappa shape index (κ2) is 35.3. The van der Waals surface area contributed by atoms with Crippen molar-refractivity contribution in [2.75, 3.05) is 0 Å². The van der Waals surface area contributed by atoms with Crippen molar-refractivity contribution in [1.29, 1.82) is 0 Å². The molecule has 0 aliphatic heterocycles. The minimum Gasteiger partial charge on any atom is -0.202 e. The van der Waals surface area contributed by atoms with Gasteiger partial charge in [0.25, 0.3) is 0 Å². The van der Waals surface area contributed by atoms with Crippen molar-refractivity contribution in [1.82, 2.24) is 0 Å². The molecule has 1 aromatic rings. The second-order valence-electron chi connectivity index (χ2n) is 15.9. The zero-order valence-electron chi connectivity index (χ0n) is 34.5. The van der Waals surface area contributed by atoms with Crippen molar-refractivity contribution in [2.45, 2.75) is 265 Å². The lowest BCUT2D eigenvalue weighted by molar-refractivity contribution is -0.705. The van der Waals surface area contributed by atoms with E-state index in [0.717, 1.165) is 6.42 Å². The van der Waals surface area contributed by atoms with Crippen molar-refractivity contribution in [3.63, 3.8) is 0 Å². The van der Waals surface area contributed by atoms with Crippen LogP contribution in [-0.2, 0) is 32.2 Å². The summed E-state index contributed by atoms with van der Waals surface area (Å²) in [5, 5.41) is 0. The number of hydrogen-bond acceptors (Lipinski definition) is 0. The lowest BCUT2D eigenvalue weighted by Gasteiger charge is -2.19. The molecule has 0 aromatic carbocycles. The molecule has 1 aromatic heterocycles. The van der Waals surface area contributed by atoms with Gasteiger partial charge in [-0.05, 0) is 50.5 Å². The van der Waals surface area contributed by atoms with Crippen LogP contribution in [0, 0.1) is 0 Å². The van der Waals surface area contributed by atoms with Gasteiger partial charge in [0, 0.05) is 24.0 Å². The molecule has 1 nitrogen and oxygen atoms in total. The monoisotopic (exact) mass is 681 g/mol. The summed E-state index contributed by atoms with van der Waals surface area (Å²) in [4.78, 5) is 0. The Bertz CT molecular complexity index is 853. The molecule has 0 saturated heterocycles. The molecule has 0 spiro atoms. The van der Waals surface area contributed by atoms with Gasteiger partial charge in [0.1, 0.15) is 6.54 Å². The fourth-order valence-corrected chi connectivity index (χ4v) is 8.03. The van der Waals surface area contributed by atoms with Gasteiger partial charge >= 0.3 is 0 Å². The highest BCUT2D eigenvalue weighted by Gasteiger charge is 2.23. The third-order valence-electron chi connectivity index (χ3n) is 11.2. The fourth-order valence-electron chi connectivity index (χ4n) is 8.03. The smallest absolute Gasteiger partial charge is 0.184 e. The summed E-state index contributed by atoms with van der Waals surface area (Å²) in [5.74, 6) is 0. The van der Waals surface area contributed by atoms with E-state index in [-0.39, 0.29) is 0 Å². The number of hydrogen-bond donors (Lipinski definition) is 0. The first-order valence-corrected chi connectivity index (χ1v) is 22.9. The quantitative estimate of drug-likeness (QED) is 0.0372. The number of aromatic nitrogens is 1. The van der Waals surface area contributed by atoms with E-state index in [0.29, 0.717) is 0 Å². The molecular weight excluding hydrogens is 591 g/mol. The van der Waals surface area contributed by atoms with Crippen LogP contribution < -0.4 is 4.57 Å². The van der Waals surface area contributed by atoms with Crippen LogP contribution in [0.2, 0.25) is 0 Å². The van der Waals surface area contributed by atoms with Gasteiger partial charge in [-0.1, -0.05) is 207 Å². The summed E-state index contributed by atoms with van der Waals surface area (Å²) in [6, 6.07) is 0. The van der Waals surface area contributed by atoms with Gasteiger partial charge in [0.2, 0.25) is 0 Å². The molecular formula is C48H90N+. The Morgan fingerprint density at radius 3 is 1.12 bits per heavy atom. The highest BCUT2D eigenvalue weighted by atomic mass is 15.0. The normalized spacial score (nSPS) is 11.5. The first-order chi connectivity index (χ1) is 24.2. The summed E-state index contributed by atoms with van der Waals surface area (Å²) >= 11 is 0. The van der Waals surface area contributed by atoms with Crippen LogP contribution in [0.15, 0.2) is 18.9 Å². The van der Waals surface area contributed by atoms with E-state index < -0.39 is 0 Å². The molecule has 1 heteroatoms. The van der Waals surface area contributed by atoms with Crippen LogP contribution in [0.25, 0.3) is 0 Å². The average Bonchev–Trinajstić information content (AvgIpc) is 3.11. The Hall–Kier alpha value is -1.11. The molecule has 0 amide bonds. The maximum absolute atomic E-state index is 4.25. The summed E-state index contributed by atoms with van der Waals surface area (Å²) in [6.45, 7) is 14.8. The summed E-state index contributed by atoms with van der Waals surface area (Å²) in [7, 11) is 0. The maximum Gasteiger partial charge on any atom is 0.184 e. The highest BCUT2D eigenvalue weighted by Crippen LogP contribution is 2.26. The third-order valence-corrected chi connectivity index (χ3v) is 11.2. The van der Waals surface area contributed by atoms with Gasteiger partial charge in [-0.25, -0.2) is 4.57 Å². The Morgan fingerprint density at radius 2 is 0.735 bits per heavy atom. The van der Waals surface area contributed by atoms with Crippen LogP contribution in [0.5, 0.6) is 0 Å². The number of rotatable bonds is 38. The zero-order chi connectivity index (χ0) is 35.5. The summed E-state index contributed by atoms with van der Waals surface area (Å²) in [5.41, 5.74) is 6.87. The van der Waals surface area contributed by atoms with Crippen LogP contribution in [0.4, 0.5) is 0 Å². The van der Waals surface area contributed by atoms with E-state index in [1.54, 1.807) is 22.4 Å².